The average molecular weight is 432 g/mol. The van der Waals surface area contributed by atoms with Crippen LogP contribution >= 0.6 is 0 Å². The maximum atomic E-state index is 12.3. The third kappa shape index (κ3) is 4.96. The van der Waals surface area contributed by atoms with Crippen LogP contribution in [0.15, 0.2) is 18.2 Å². The second-order valence-corrected chi connectivity index (χ2v) is 7.17. The summed E-state index contributed by atoms with van der Waals surface area (Å²) in [5, 5.41) is 7.12. The Bertz CT molecular complexity index is 788. The second-order valence-electron chi connectivity index (χ2n) is 7.17. The van der Waals surface area contributed by atoms with Gasteiger partial charge in [-0.15, -0.1) is 0 Å². The van der Waals surface area contributed by atoms with Crippen LogP contribution in [0.4, 0.5) is 13.2 Å². The van der Waals surface area contributed by atoms with Gasteiger partial charge in [0.05, 0.1) is 6.61 Å². The number of rotatable bonds is 5. The number of carboxylic acids is 1. The smallest absolute Gasteiger partial charge is 0.475 e. The molecule has 11 heteroatoms. The van der Waals surface area contributed by atoms with Crippen molar-refractivity contribution in [3.8, 4) is 11.5 Å². The summed E-state index contributed by atoms with van der Waals surface area (Å²) in [7, 11) is 1.68. The Balaban J connectivity index is 0.000000318. The lowest BCUT2D eigenvalue weighted by atomic mass is 10.1. The summed E-state index contributed by atoms with van der Waals surface area (Å²) in [6.07, 6.45) is -3.41. The third-order valence-corrected chi connectivity index (χ3v) is 5.33. The van der Waals surface area contributed by atoms with Gasteiger partial charge in [-0.3, -0.25) is 9.69 Å². The topological polar surface area (TPSA) is 88.5 Å². The first-order chi connectivity index (χ1) is 14.2. The normalized spacial score (nSPS) is 22.7. The van der Waals surface area contributed by atoms with Crippen LogP contribution in [0.1, 0.15) is 18.4 Å². The minimum absolute atomic E-state index is 0.257. The van der Waals surface area contributed by atoms with Gasteiger partial charge in [-0.25, -0.2) is 4.79 Å². The van der Waals surface area contributed by atoms with E-state index in [1.54, 1.807) is 7.11 Å². The molecule has 0 aliphatic carbocycles. The molecule has 0 spiro atoms. The number of amides is 1. The van der Waals surface area contributed by atoms with Gasteiger partial charge < -0.3 is 24.2 Å². The maximum absolute atomic E-state index is 12.3. The van der Waals surface area contributed by atoms with Gasteiger partial charge in [0, 0.05) is 45.2 Å². The molecule has 1 aromatic rings. The van der Waals surface area contributed by atoms with E-state index in [0.717, 1.165) is 31.0 Å². The molecular weight excluding hydrogens is 409 g/mol. The number of hydrogen-bond donors (Lipinski definition) is 1. The summed E-state index contributed by atoms with van der Waals surface area (Å²) in [6.45, 7) is 3.49. The van der Waals surface area contributed by atoms with Gasteiger partial charge in [0.25, 0.3) is 0 Å². The summed E-state index contributed by atoms with van der Waals surface area (Å²) in [5.74, 6) is -0.864. The lowest BCUT2D eigenvalue weighted by Crippen LogP contribution is -2.38. The molecule has 0 bridgehead atoms. The standard InChI is InChI=1S/C17H22N2O4.C2HF3O2/c1-21-7-6-19-13-4-5-18(14(13)9-17(19)20)10-12-2-3-15-16(8-12)23-11-22-15;3-2(4,5)1(6)7/h2-3,8,13-14H,4-7,9-11H2,1H3;(H,6,7)/t13-,14+;/m1./s1. The number of carboxylic acid groups (broad SMARTS) is 1. The molecule has 3 heterocycles. The number of nitrogens with zero attached hydrogens (tertiary/aromatic N) is 2. The summed E-state index contributed by atoms with van der Waals surface area (Å²) >= 11 is 0. The zero-order valence-corrected chi connectivity index (χ0v) is 16.4. The highest BCUT2D eigenvalue weighted by Gasteiger charge is 2.46. The Labute approximate surface area is 171 Å². The monoisotopic (exact) mass is 432 g/mol. The third-order valence-electron chi connectivity index (χ3n) is 5.33. The van der Waals surface area contributed by atoms with Crippen LogP contribution < -0.4 is 9.47 Å². The van der Waals surface area contributed by atoms with Crippen molar-refractivity contribution in [2.24, 2.45) is 0 Å². The molecule has 3 aliphatic heterocycles. The minimum atomic E-state index is -5.08. The van der Waals surface area contributed by atoms with E-state index in [9.17, 15) is 18.0 Å². The quantitative estimate of drug-likeness (QED) is 0.760. The van der Waals surface area contributed by atoms with Gasteiger partial charge in [0.2, 0.25) is 12.7 Å². The molecule has 1 aromatic carbocycles. The summed E-state index contributed by atoms with van der Waals surface area (Å²) in [5.41, 5.74) is 1.21. The zero-order valence-electron chi connectivity index (χ0n) is 16.4. The number of ether oxygens (including phenoxy) is 3. The van der Waals surface area contributed by atoms with Crippen molar-refractivity contribution in [3.05, 3.63) is 23.8 Å². The number of hydrogen-bond acceptors (Lipinski definition) is 6. The van der Waals surface area contributed by atoms with E-state index in [1.807, 2.05) is 11.0 Å². The van der Waals surface area contributed by atoms with Gasteiger partial charge in [0.15, 0.2) is 11.5 Å². The molecular formula is C19H23F3N2O6. The Morgan fingerprint density at radius 3 is 2.63 bits per heavy atom. The van der Waals surface area contributed by atoms with Crippen molar-refractivity contribution in [2.45, 2.75) is 37.6 Å². The van der Waals surface area contributed by atoms with Gasteiger partial charge in [0.1, 0.15) is 0 Å². The lowest BCUT2D eigenvalue weighted by Gasteiger charge is -2.25. The molecule has 1 amide bonds. The molecule has 4 rings (SSSR count). The molecule has 30 heavy (non-hydrogen) atoms. The van der Waals surface area contributed by atoms with Crippen LogP contribution in [0, 0.1) is 0 Å². The lowest BCUT2D eigenvalue weighted by molar-refractivity contribution is -0.192. The van der Waals surface area contributed by atoms with E-state index in [0.29, 0.717) is 38.4 Å². The van der Waals surface area contributed by atoms with Crippen LogP contribution in [0.25, 0.3) is 0 Å². The predicted molar refractivity (Wildman–Crippen MR) is 97.1 cm³/mol. The molecule has 0 saturated carbocycles. The van der Waals surface area contributed by atoms with E-state index in [2.05, 4.69) is 17.0 Å². The number of carbonyl (C=O) groups excluding carboxylic acids is 1. The molecule has 166 valence electrons. The number of alkyl halides is 3. The molecule has 1 N–H and O–H groups in total. The van der Waals surface area contributed by atoms with Crippen LogP contribution in [-0.4, -0.2) is 78.6 Å². The number of halogens is 3. The molecule has 8 nitrogen and oxygen atoms in total. The second kappa shape index (κ2) is 9.09. The average Bonchev–Trinajstić information content (AvgIpc) is 3.36. The van der Waals surface area contributed by atoms with Gasteiger partial charge in [-0.2, -0.15) is 13.2 Å². The molecule has 2 saturated heterocycles. The molecule has 3 aliphatic rings. The Hall–Kier alpha value is -2.53. The van der Waals surface area contributed by atoms with Crippen LogP contribution in [0.3, 0.4) is 0 Å². The van der Waals surface area contributed by atoms with Gasteiger partial charge >= 0.3 is 12.1 Å². The summed E-state index contributed by atoms with van der Waals surface area (Å²) < 4.78 is 47.7. The van der Waals surface area contributed by atoms with E-state index in [-0.39, 0.29) is 5.91 Å². The van der Waals surface area contributed by atoms with Crippen molar-refractivity contribution in [1.29, 1.82) is 0 Å². The van der Waals surface area contributed by atoms with Crippen molar-refractivity contribution in [1.82, 2.24) is 9.80 Å². The Morgan fingerprint density at radius 2 is 1.97 bits per heavy atom. The fourth-order valence-corrected chi connectivity index (χ4v) is 3.96. The number of methoxy groups -OCH3 is 1. The zero-order chi connectivity index (χ0) is 21.9. The number of likely N-dealkylation sites (tertiary alicyclic amines) is 2. The minimum Gasteiger partial charge on any atom is -0.475 e. The molecule has 0 unspecified atom stereocenters. The van der Waals surface area contributed by atoms with E-state index in [1.165, 1.54) is 5.56 Å². The van der Waals surface area contributed by atoms with Crippen molar-refractivity contribution in [2.75, 3.05) is 33.6 Å². The first-order valence-electron chi connectivity index (χ1n) is 9.41. The van der Waals surface area contributed by atoms with Crippen molar-refractivity contribution in [3.63, 3.8) is 0 Å². The van der Waals surface area contributed by atoms with Gasteiger partial charge in [-0.05, 0) is 24.1 Å². The Morgan fingerprint density at radius 1 is 1.27 bits per heavy atom. The first-order valence-corrected chi connectivity index (χ1v) is 9.41. The van der Waals surface area contributed by atoms with E-state index >= 15 is 0 Å². The van der Waals surface area contributed by atoms with Crippen LogP contribution in [0.5, 0.6) is 11.5 Å². The fourth-order valence-electron chi connectivity index (χ4n) is 3.96. The number of carbonyl (C=O) groups is 2. The van der Waals surface area contributed by atoms with E-state index in [4.69, 9.17) is 24.1 Å². The highest BCUT2D eigenvalue weighted by atomic mass is 19.4. The largest absolute Gasteiger partial charge is 0.490 e. The molecule has 0 radical (unpaired) electrons. The molecule has 2 fully saturated rings. The molecule has 0 aromatic heterocycles. The maximum Gasteiger partial charge on any atom is 0.490 e. The SMILES string of the molecule is COCCN1C(=O)C[C@H]2[C@H]1CCN2Cc1ccc2c(c1)OCO2.O=C(O)C(F)(F)F. The Kier molecular flexibility index (Phi) is 6.71. The highest BCUT2D eigenvalue weighted by molar-refractivity contribution is 5.80. The predicted octanol–water partition coefficient (Wildman–Crippen LogP) is 1.87. The highest BCUT2D eigenvalue weighted by Crippen LogP contribution is 2.36. The summed E-state index contributed by atoms with van der Waals surface area (Å²) in [4.78, 5) is 25.6. The number of fused-ring (bicyclic) bond motifs is 2. The van der Waals surface area contributed by atoms with Crippen molar-refractivity contribution < 1.29 is 42.1 Å². The number of benzene rings is 1. The van der Waals surface area contributed by atoms with Crippen molar-refractivity contribution >= 4 is 11.9 Å². The van der Waals surface area contributed by atoms with E-state index < -0.39 is 12.1 Å². The fraction of sp³-hybridized carbons (Fsp3) is 0.579. The first kappa shape index (κ1) is 22.2. The van der Waals surface area contributed by atoms with Crippen LogP contribution in [-0.2, 0) is 20.9 Å². The summed E-state index contributed by atoms with van der Waals surface area (Å²) in [6, 6.07) is 6.77. The van der Waals surface area contributed by atoms with Crippen LogP contribution in [0.2, 0.25) is 0 Å². The molecule has 2 atom stereocenters. The number of aliphatic carboxylic acids is 1. The van der Waals surface area contributed by atoms with Gasteiger partial charge in [-0.1, -0.05) is 6.07 Å².